The third-order valence-corrected chi connectivity index (χ3v) is 7.21. The van der Waals surface area contributed by atoms with Crippen LogP contribution >= 0.6 is 22.9 Å². The molecule has 9 nitrogen and oxygen atoms in total. The van der Waals surface area contributed by atoms with Gasteiger partial charge >= 0.3 is 0 Å². The van der Waals surface area contributed by atoms with Crippen LogP contribution in [0.5, 0.6) is 0 Å². The van der Waals surface area contributed by atoms with Gasteiger partial charge < -0.3 is 14.7 Å². The predicted molar refractivity (Wildman–Crippen MR) is 132 cm³/mol. The van der Waals surface area contributed by atoms with Gasteiger partial charge in [0.05, 0.1) is 18.7 Å². The molecule has 3 amide bonds. The molecule has 0 atom stereocenters. The molecule has 2 fully saturated rings. The molecule has 0 aliphatic carbocycles. The molecule has 2 aromatic rings. The number of aromatic nitrogens is 1. The summed E-state index contributed by atoms with van der Waals surface area (Å²) in [6, 6.07) is 6.61. The molecule has 34 heavy (non-hydrogen) atoms. The number of carbonyl (C=O) groups excluding carboxylic acids is 3. The maximum absolute atomic E-state index is 12.8. The second-order valence-electron chi connectivity index (χ2n) is 8.62. The second kappa shape index (κ2) is 11.3. The largest absolute Gasteiger partial charge is 0.340 e. The Bertz CT molecular complexity index is 1010. The number of halogens is 1. The fourth-order valence-electron chi connectivity index (χ4n) is 3.99. The summed E-state index contributed by atoms with van der Waals surface area (Å²) in [5.74, 6) is -0.0967. The fourth-order valence-corrected chi connectivity index (χ4v) is 4.82. The van der Waals surface area contributed by atoms with Gasteiger partial charge in [-0.05, 0) is 31.3 Å². The van der Waals surface area contributed by atoms with E-state index in [4.69, 9.17) is 11.6 Å². The molecule has 2 aliphatic rings. The van der Waals surface area contributed by atoms with Crippen LogP contribution in [0.1, 0.15) is 16.1 Å². The normalized spacial score (nSPS) is 17.6. The number of amides is 3. The quantitative estimate of drug-likeness (QED) is 0.641. The molecule has 1 N–H and O–H groups in total. The Kier molecular flexibility index (Phi) is 8.15. The molecule has 1 aromatic heterocycles. The van der Waals surface area contributed by atoms with Gasteiger partial charge in [-0.3, -0.25) is 24.6 Å². The number of hydrogen-bond acceptors (Lipinski definition) is 7. The first-order valence-electron chi connectivity index (χ1n) is 11.3. The van der Waals surface area contributed by atoms with Crippen LogP contribution in [0.25, 0.3) is 0 Å². The maximum atomic E-state index is 12.8. The standard InChI is InChI=1S/C23H29ClN6O3S/c1-27-6-10-30(11-7-27)21(32)15-28-8-12-29(13-9-28)20(31)14-19-16-34-23(25-19)26-22(33)17-2-4-18(24)5-3-17/h2-5,16H,6-15H2,1H3,(H,25,26,33). The molecule has 0 saturated carbocycles. The number of nitrogens with zero attached hydrogens (tertiary/aromatic N) is 5. The number of thiazole rings is 1. The number of benzene rings is 1. The van der Waals surface area contributed by atoms with E-state index in [1.165, 1.54) is 11.3 Å². The van der Waals surface area contributed by atoms with Crippen LogP contribution in [-0.4, -0.2) is 108 Å². The van der Waals surface area contributed by atoms with E-state index in [-0.39, 0.29) is 24.1 Å². The third-order valence-electron chi connectivity index (χ3n) is 6.15. The number of rotatable bonds is 6. The lowest BCUT2D eigenvalue weighted by Crippen LogP contribution is -2.54. The first-order valence-corrected chi connectivity index (χ1v) is 12.6. The molecule has 0 radical (unpaired) electrons. The molecular weight excluding hydrogens is 476 g/mol. The van der Waals surface area contributed by atoms with Crippen molar-refractivity contribution in [1.29, 1.82) is 0 Å². The Hall–Kier alpha value is -2.53. The van der Waals surface area contributed by atoms with E-state index in [0.29, 0.717) is 54.1 Å². The molecule has 0 spiro atoms. The van der Waals surface area contributed by atoms with Crippen LogP contribution in [0.15, 0.2) is 29.6 Å². The van der Waals surface area contributed by atoms with E-state index in [9.17, 15) is 14.4 Å². The Morgan fingerprint density at radius 2 is 1.56 bits per heavy atom. The molecule has 2 aliphatic heterocycles. The molecule has 4 rings (SSSR count). The molecule has 0 unspecified atom stereocenters. The van der Waals surface area contributed by atoms with Crippen molar-refractivity contribution in [3.63, 3.8) is 0 Å². The number of nitrogens with one attached hydrogen (secondary N) is 1. The number of piperazine rings is 2. The number of likely N-dealkylation sites (N-methyl/N-ethyl adjacent to an activating group) is 1. The van der Waals surface area contributed by atoms with Crippen LogP contribution in [-0.2, 0) is 16.0 Å². The smallest absolute Gasteiger partial charge is 0.257 e. The molecule has 182 valence electrons. The zero-order valence-corrected chi connectivity index (χ0v) is 20.8. The minimum atomic E-state index is -0.272. The van der Waals surface area contributed by atoms with Gasteiger partial charge in [0.15, 0.2) is 5.13 Å². The van der Waals surface area contributed by atoms with Gasteiger partial charge in [0.2, 0.25) is 11.8 Å². The van der Waals surface area contributed by atoms with Crippen molar-refractivity contribution in [2.24, 2.45) is 0 Å². The molecular formula is C23H29ClN6O3S. The van der Waals surface area contributed by atoms with Crippen LogP contribution in [0.4, 0.5) is 5.13 Å². The van der Waals surface area contributed by atoms with Gasteiger partial charge in [-0.25, -0.2) is 4.98 Å². The third kappa shape index (κ3) is 6.53. The van der Waals surface area contributed by atoms with Crippen molar-refractivity contribution in [2.75, 3.05) is 71.3 Å². The molecule has 0 bridgehead atoms. The zero-order chi connectivity index (χ0) is 24.1. The lowest BCUT2D eigenvalue weighted by atomic mass is 10.2. The molecule has 2 saturated heterocycles. The van der Waals surface area contributed by atoms with Crippen LogP contribution in [0, 0.1) is 0 Å². The van der Waals surface area contributed by atoms with Gasteiger partial charge in [0.25, 0.3) is 5.91 Å². The summed E-state index contributed by atoms with van der Waals surface area (Å²) < 4.78 is 0. The monoisotopic (exact) mass is 504 g/mol. The van der Waals surface area contributed by atoms with E-state index in [1.807, 2.05) is 9.80 Å². The lowest BCUT2D eigenvalue weighted by Gasteiger charge is -2.37. The maximum Gasteiger partial charge on any atom is 0.257 e. The SMILES string of the molecule is CN1CCN(C(=O)CN2CCN(C(=O)Cc3csc(NC(=O)c4ccc(Cl)cc4)n3)CC2)CC1. The second-order valence-corrected chi connectivity index (χ2v) is 9.92. The van der Waals surface area contributed by atoms with Crippen molar-refractivity contribution < 1.29 is 14.4 Å². The Morgan fingerprint density at radius 1 is 0.941 bits per heavy atom. The van der Waals surface area contributed by atoms with Crippen LogP contribution in [0.3, 0.4) is 0 Å². The highest BCUT2D eigenvalue weighted by Crippen LogP contribution is 2.18. The van der Waals surface area contributed by atoms with E-state index < -0.39 is 0 Å². The van der Waals surface area contributed by atoms with Gasteiger partial charge in [0.1, 0.15) is 0 Å². The average molecular weight is 505 g/mol. The average Bonchev–Trinajstić information content (AvgIpc) is 3.26. The first kappa shape index (κ1) is 24.6. The Labute approximate surface area is 208 Å². The van der Waals surface area contributed by atoms with Gasteiger partial charge in [-0.2, -0.15) is 0 Å². The van der Waals surface area contributed by atoms with E-state index >= 15 is 0 Å². The highest BCUT2D eigenvalue weighted by Gasteiger charge is 2.26. The van der Waals surface area contributed by atoms with Crippen molar-refractivity contribution in [2.45, 2.75) is 6.42 Å². The first-order chi connectivity index (χ1) is 16.4. The van der Waals surface area contributed by atoms with Crippen molar-refractivity contribution in [3.8, 4) is 0 Å². The van der Waals surface area contributed by atoms with E-state index in [2.05, 4.69) is 27.1 Å². The van der Waals surface area contributed by atoms with Gasteiger partial charge in [-0.1, -0.05) is 11.6 Å². The lowest BCUT2D eigenvalue weighted by molar-refractivity contribution is -0.135. The highest BCUT2D eigenvalue weighted by atomic mass is 35.5. The summed E-state index contributed by atoms with van der Waals surface area (Å²) >= 11 is 7.15. The fraction of sp³-hybridized carbons (Fsp3) is 0.478. The summed E-state index contributed by atoms with van der Waals surface area (Å²) in [6.45, 7) is 6.36. The number of anilines is 1. The summed E-state index contributed by atoms with van der Waals surface area (Å²) in [5.41, 5.74) is 1.12. The highest BCUT2D eigenvalue weighted by molar-refractivity contribution is 7.14. The van der Waals surface area contributed by atoms with Gasteiger partial charge in [0, 0.05) is 68.3 Å². The summed E-state index contributed by atoms with van der Waals surface area (Å²) in [4.78, 5) is 50.1. The Morgan fingerprint density at radius 3 is 2.24 bits per heavy atom. The minimum absolute atomic E-state index is 0.00548. The number of carbonyl (C=O) groups is 3. The Balaban J connectivity index is 1.20. The van der Waals surface area contributed by atoms with Gasteiger partial charge in [-0.15, -0.1) is 11.3 Å². The summed E-state index contributed by atoms with van der Waals surface area (Å²) in [6.07, 6.45) is 0.188. The molecule has 3 heterocycles. The molecule has 1 aromatic carbocycles. The molecule has 11 heteroatoms. The minimum Gasteiger partial charge on any atom is -0.340 e. The van der Waals surface area contributed by atoms with Crippen molar-refractivity contribution in [1.82, 2.24) is 24.6 Å². The zero-order valence-electron chi connectivity index (χ0n) is 19.2. The van der Waals surface area contributed by atoms with Crippen molar-refractivity contribution in [3.05, 3.63) is 45.9 Å². The van der Waals surface area contributed by atoms with E-state index in [0.717, 1.165) is 26.2 Å². The van der Waals surface area contributed by atoms with Crippen molar-refractivity contribution >= 4 is 45.8 Å². The number of hydrogen-bond donors (Lipinski definition) is 1. The summed E-state index contributed by atoms with van der Waals surface area (Å²) in [5, 5.41) is 5.57. The predicted octanol–water partition coefficient (Wildman–Crippen LogP) is 1.51. The summed E-state index contributed by atoms with van der Waals surface area (Å²) in [7, 11) is 2.07. The van der Waals surface area contributed by atoms with E-state index in [1.54, 1.807) is 29.6 Å². The topological polar surface area (TPSA) is 89.1 Å². The van der Waals surface area contributed by atoms with Crippen LogP contribution in [0.2, 0.25) is 5.02 Å². The van der Waals surface area contributed by atoms with Crippen LogP contribution < -0.4 is 5.32 Å².